The van der Waals surface area contributed by atoms with Gasteiger partial charge in [-0.25, -0.2) is 0 Å². The minimum atomic E-state index is 0.755. The van der Waals surface area contributed by atoms with Gasteiger partial charge in [0.05, 0.1) is 5.69 Å². The number of benzene rings is 1. The fourth-order valence-electron chi connectivity index (χ4n) is 2.00. The summed E-state index contributed by atoms with van der Waals surface area (Å²) in [6.07, 6.45) is 0.934. The van der Waals surface area contributed by atoms with Crippen LogP contribution in [0.5, 0.6) is 0 Å². The van der Waals surface area contributed by atoms with E-state index in [1.165, 1.54) is 0 Å². The molecule has 0 aliphatic heterocycles. The second-order valence-electron chi connectivity index (χ2n) is 3.98. The van der Waals surface area contributed by atoms with Crippen molar-refractivity contribution >= 4 is 18.0 Å². The van der Waals surface area contributed by atoms with E-state index in [-0.39, 0.29) is 0 Å². The van der Waals surface area contributed by atoms with Crippen LogP contribution in [0.4, 0.5) is 0 Å². The first kappa shape index (κ1) is 13.0. The van der Waals surface area contributed by atoms with E-state index in [1.807, 2.05) is 42.1 Å². The van der Waals surface area contributed by atoms with Crippen LogP contribution >= 0.6 is 11.8 Å². The molecule has 0 N–H and O–H groups in total. The maximum absolute atomic E-state index is 11.1. The van der Waals surface area contributed by atoms with Gasteiger partial charge in [-0.3, -0.25) is 4.79 Å². The second kappa shape index (κ2) is 6.45. The quantitative estimate of drug-likeness (QED) is 0.582. The zero-order valence-electron chi connectivity index (χ0n) is 10.5. The average Bonchev–Trinajstić information content (AvgIpc) is 2.83. The van der Waals surface area contributed by atoms with Gasteiger partial charge in [-0.05, 0) is 23.4 Å². The molecular weight excluding hydrogens is 242 g/mol. The summed E-state index contributed by atoms with van der Waals surface area (Å²) in [6, 6.07) is 14.1. The van der Waals surface area contributed by atoms with Crippen molar-refractivity contribution in [1.29, 1.82) is 0 Å². The van der Waals surface area contributed by atoms with Gasteiger partial charge in [-0.1, -0.05) is 37.3 Å². The number of carbonyl (C=O) groups is 1. The highest BCUT2D eigenvalue weighted by atomic mass is 32.2. The first-order chi connectivity index (χ1) is 8.86. The molecule has 18 heavy (non-hydrogen) atoms. The summed E-state index contributed by atoms with van der Waals surface area (Å²) >= 11 is 1.89. The lowest BCUT2D eigenvalue weighted by Crippen LogP contribution is -2.06. The van der Waals surface area contributed by atoms with Crippen molar-refractivity contribution in [3.63, 3.8) is 0 Å². The van der Waals surface area contributed by atoms with E-state index in [0.717, 1.165) is 41.3 Å². The molecule has 0 bridgehead atoms. The number of hydrogen-bond acceptors (Lipinski definition) is 2. The fraction of sp³-hybridized carbons (Fsp3) is 0.267. The van der Waals surface area contributed by atoms with Crippen LogP contribution in [0.2, 0.25) is 0 Å². The lowest BCUT2D eigenvalue weighted by Gasteiger charge is -2.10. The molecule has 0 fully saturated rings. The molecule has 0 radical (unpaired) electrons. The Bertz CT molecular complexity index is 504. The fourth-order valence-corrected chi connectivity index (χ4v) is 2.60. The van der Waals surface area contributed by atoms with Crippen molar-refractivity contribution in [2.75, 3.05) is 11.5 Å². The Hall–Kier alpha value is -1.48. The minimum Gasteiger partial charge on any atom is -0.338 e. The second-order valence-corrected chi connectivity index (χ2v) is 5.37. The molecule has 0 saturated heterocycles. The van der Waals surface area contributed by atoms with Crippen LogP contribution in [0.1, 0.15) is 17.4 Å². The molecule has 0 aliphatic rings. The summed E-state index contributed by atoms with van der Waals surface area (Å²) in [5.41, 5.74) is 3.03. The molecule has 2 aromatic rings. The molecule has 0 unspecified atom stereocenters. The molecule has 1 heterocycles. The Morgan fingerprint density at radius 3 is 2.61 bits per heavy atom. The smallest absolute Gasteiger partial charge is 0.166 e. The Balaban J connectivity index is 2.30. The zero-order chi connectivity index (χ0) is 12.8. The predicted molar refractivity (Wildman–Crippen MR) is 78.3 cm³/mol. The Morgan fingerprint density at radius 1 is 1.17 bits per heavy atom. The van der Waals surface area contributed by atoms with E-state index < -0.39 is 0 Å². The minimum absolute atomic E-state index is 0.755. The molecule has 94 valence electrons. The lowest BCUT2D eigenvalue weighted by atomic mass is 10.1. The average molecular weight is 259 g/mol. The largest absolute Gasteiger partial charge is 0.338 e. The number of rotatable bonds is 6. The molecular formula is C15H17NOS. The number of nitrogens with zero attached hydrogens (tertiary/aromatic N) is 1. The molecule has 0 amide bonds. The third kappa shape index (κ3) is 2.85. The number of aromatic nitrogens is 1. The third-order valence-corrected chi connectivity index (χ3v) is 3.75. The maximum atomic E-state index is 11.1. The van der Waals surface area contributed by atoms with Gasteiger partial charge in [0.1, 0.15) is 0 Å². The van der Waals surface area contributed by atoms with Gasteiger partial charge < -0.3 is 4.57 Å². The van der Waals surface area contributed by atoms with Gasteiger partial charge in [0, 0.05) is 18.0 Å². The molecule has 2 nitrogen and oxygen atoms in total. The van der Waals surface area contributed by atoms with Gasteiger partial charge in [0.15, 0.2) is 6.29 Å². The van der Waals surface area contributed by atoms with Crippen molar-refractivity contribution in [1.82, 2.24) is 4.57 Å². The monoisotopic (exact) mass is 259 g/mol. The van der Waals surface area contributed by atoms with E-state index in [9.17, 15) is 4.79 Å². The van der Waals surface area contributed by atoms with Crippen LogP contribution in [0.15, 0.2) is 42.5 Å². The molecule has 0 atom stereocenters. The van der Waals surface area contributed by atoms with Crippen molar-refractivity contribution in [3.05, 3.63) is 48.2 Å². The summed E-state index contributed by atoms with van der Waals surface area (Å²) in [5, 5.41) is 0. The predicted octanol–water partition coefficient (Wildman–Crippen LogP) is 3.72. The SMILES string of the molecule is CCSCCn1c(C=O)ccc1-c1ccccc1. The van der Waals surface area contributed by atoms with Crippen molar-refractivity contribution in [2.45, 2.75) is 13.5 Å². The number of thioether (sulfide) groups is 1. The Morgan fingerprint density at radius 2 is 1.94 bits per heavy atom. The summed E-state index contributed by atoms with van der Waals surface area (Å²) in [5.74, 6) is 2.14. The van der Waals surface area contributed by atoms with E-state index in [1.54, 1.807) is 0 Å². The molecule has 1 aromatic heterocycles. The standard InChI is InChI=1S/C15H17NOS/c1-2-18-11-10-16-14(12-17)8-9-15(16)13-6-4-3-5-7-13/h3-9,12H,2,10-11H2,1H3. The van der Waals surface area contributed by atoms with E-state index in [2.05, 4.69) is 23.6 Å². The number of aldehydes is 1. The van der Waals surface area contributed by atoms with Gasteiger partial charge in [-0.15, -0.1) is 0 Å². The highest BCUT2D eigenvalue weighted by molar-refractivity contribution is 7.99. The van der Waals surface area contributed by atoms with Crippen molar-refractivity contribution in [3.8, 4) is 11.3 Å². The van der Waals surface area contributed by atoms with Crippen LogP contribution in [0.25, 0.3) is 11.3 Å². The topological polar surface area (TPSA) is 22.0 Å². The summed E-state index contributed by atoms with van der Waals surface area (Å²) in [4.78, 5) is 11.1. The molecule has 2 rings (SSSR count). The van der Waals surface area contributed by atoms with Gasteiger partial charge in [-0.2, -0.15) is 11.8 Å². The van der Waals surface area contributed by atoms with Gasteiger partial charge in [0.25, 0.3) is 0 Å². The molecule has 0 saturated carbocycles. The van der Waals surface area contributed by atoms with Crippen molar-refractivity contribution in [2.24, 2.45) is 0 Å². The normalized spacial score (nSPS) is 10.5. The van der Waals surface area contributed by atoms with E-state index in [4.69, 9.17) is 0 Å². The van der Waals surface area contributed by atoms with Crippen LogP contribution < -0.4 is 0 Å². The molecule has 0 aliphatic carbocycles. The van der Waals surface area contributed by atoms with Crippen molar-refractivity contribution < 1.29 is 4.79 Å². The first-order valence-corrected chi connectivity index (χ1v) is 7.30. The maximum Gasteiger partial charge on any atom is 0.166 e. The molecule has 1 aromatic carbocycles. The lowest BCUT2D eigenvalue weighted by molar-refractivity contribution is 0.111. The van der Waals surface area contributed by atoms with Crippen LogP contribution in [-0.4, -0.2) is 22.4 Å². The third-order valence-electron chi connectivity index (χ3n) is 2.87. The highest BCUT2D eigenvalue weighted by Crippen LogP contribution is 2.22. The van der Waals surface area contributed by atoms with E-state index in [0.29, 0.717) is 0 Å². The van der Waals surface area contributed by atoms with Crippen LogP contribution in [-0.2, 0) is 6.54 Å². The molecule has 0 spiro atoms. The number of hydrogen-bond donors (Lipinski definition) is 0. The summed E-state index contributed by atoms with van der Waals surface area (Å²) < 4.78 is 2.10. The van der Waals surface area contributed by atoms with Gasteiger partial charge in [0.2, 0.25) is 0 Å². The zero-order valence-corrected chi connectivity index (χ0v) is 11.3. The summed E-state index contributed by atoms with van der Waals surface area (Å²) in [6.45, 7) is 3.03. The highest BCUT2D eigenvalue weighted by Gasteiger charge is 2.08. The first-order valence-electron chi connectivity index (χ1n) is 6.14. The molecule has 3 heteroatoms. The Kier molecular flexibility index (Phi) is 4.65. The number of carbonyl (C=O) groups excluding carboxylic acids is 1. The van der Waals surface area contributed by atoms with E-state index >= 15 is 0 Å². The summed E-state index contributed by atoms with van der Waals surface area (Å²) in [7, 11) is 0. The van der Waals surface area contributed by atoms with Crippen LogP contribution in [0.3, 0.4) is 0 Å². The van der Waals surface area contributed by atoms with Crippen LogP contribution in [0, 0.1) is 0 Å². The van der Waals surface area contributed by atoms with Gasteiger partial charge >= 0.3 is 0 Å². The Labute approximate surface area is 112 Å².